The monoisotopic (exact) mass is 439 g/mol. The fraction of sp³-hybridized carbons (Fsp3) is 0.130. The van der Waals surface area contributed by atoms with Crippen molar-refractivity contribution in [2.45, 2.75) is 0 Å². The summed E-state index contributed by atoms with van der Waals surface area (Å²) in [5, 5.41) is 4.50. The second kappa shape index (κ2) is 9.44. The van der Waals surface area contributed by atoms with Gasteiger partial charge in [0.2, 0.25) is 0 Å². The van der Waals surface area contributed by atoms with Crippen molar-refractivity contribution in [2.75, 3.05) is 25.1 Å². The van der Waals surface area contributed by atoms with Crippen LogP contribution in [0.2, 0.25) is 0 Å². The highest BCUT2D eigenvalue weighted by Gasteiger charge is 2.17. The summed E-state index contributed by atoms with van der Waals surface area (Å²) in [5.41, 5.74) is 1.43. The van der Waals surface area contributed by atoms with Crippen molar-refractivity contribution in [1.82, 2.24) is 0 Å². The summed E-state index contributed by atoms with van der Waals surface area (Å²) < 4.78 is 29.3. The molecule has 1 N–H and O–H groups in total. The van der Waals surface area contributed by atoms with Crippen molar-refractivity contribution >= 4 is 40.5 Å². The van der Waals surface area contributed by atoms with E-state index in [0.717, 1.165) is 0 Å². The van der Waals surface area contributed by atoms with Crippen LogP contribution < -0.4 is 14.8 Å². The van der Waals surface area contributed by atoms with Gasteiger partial charge < -0.3 is 19.5 Å². The SMILES string of the molecule is O=C(COC(=O)C(=Cc1ccc(F)cc1)c1cccs1)Nc1ccc2c(c1)OCCO2. The molecule has 0 unspecified atom stereocenters. The van der Waals surface area contributed by atoms with E-state index >= 15 is 0 Å². The molecular weight excluding hydrogens is 421 g/mol. The van der Waals surface area contributed by atoms with Crippen molar-refractivity contribution in [2.24, 2.45) is 0 Å². The van der Waals surface area contributed by atoms with Gasteiger partial charge in [-0.05, 0) is 47.4 Å². The number of amides is 1. The zero-order valence-corrected chi connectivity index (χ0v) is 17.1. The standard InChI is InChI=1S/C23H18FNO5S/c24-16-5-3-15(4-6-16)12-18(21-2-1-11-31-21)23(27)30-14-22(26)25-17-7-8-19-20(13-17)29-10-9-28-19/h1-8,11-13H,9-10,14H2,(H,25,26). The van der Waals surface area contributed by atoms with E-state index in [9.17, 15) is 14.0 Å². The van der Waals surface area contributed by atoms with Crippen molar-refractivity contribution in [3.63, 3.8) is 0 Å². The highest BCUT2D eigenvalue weighted by molar-refractivity contribution is 7.11. The minimum Gasteiger partial charge on any atom is -0.486 e. The predicted molar refractivity (Wildman–Crippen MR) is 116 cm³/mol. The van der Waals surface area contributed by atoms with Crippen LogP contribution in [0, 0.1) is 5.82 Å². The van der Waals surface area contributed by atoms with Crippen LogP contribution in [0.3, 0.4) is 0 Å². The number of esters is 1. The lowest BCUT2D eigenvalue weighted by molar-refractivity contribution is -0.141. The number of thiophene rings is 1. The maximum Gasteiger partial charge on any atom is 0.340 e. The van der Waals surface area contributed by atoms with Gasteiger partial charge in [0, 0.05) is 16.6 Å². The van der Waals surface area contributed by atoms with Crippen LogP contribution in [-0.4, -0.2) is 31.7 Å². The fourth-order valence-electron chi connectivity index (χ4n) is 2.92. The van der Waals surface area contributed by atoms with Crippen LogP contribution in [0.15, 0.2) is 60.0 Å². The van der Waals surface area contributed by atoms with Crippen molar-refractivity contribution in [1.29, 1.82) is 0 Å². The molecule has 1 amide bonds. The average Bonchev–Trinajstić information content (AvgIpc) is 3.31. The lowest BCUT2D eigenvalue weighted by Gasteiger charge is -2.19. The smallest absolute Gasteiger partial charge is 0.340 e. The number of nitrogens with one attached hydrogen (secondary N) is 1. The molecule has 31 heavy (non-hydrogen) atoms. The maximum atomic E-state index is 13.2. The lowest BCUT2D eigenvalue weighted by Crippen LogP contribution is -2.21. The predicted octanol–water partition coefficient (Wildman–Crippen LogP) is 4.38. The van der Waals surface area contributed by atoms with E-state index in [1.165, 1.54) is 23.5 Å². The van der Waals surface area contributed by atoms with E-state index in [1.54, 1.807) is 48.5 Å². The number of hydrogen-bond acceptors (Lipinski definition) is 6. The number of hydrogen-bond donors (Lipinski definition) is 1. The van der Waals surface area contributed by atoms with Crippen LogP contribution in [0.5, 0.6) is 11.5 Å². The zero-order valence-electron chi connectivity index (χ0n) is 16.3. The first kappa shape index (κ1) is 20.6. The molecule has 0 atom stereocenters. The van der Waals surface area contributed by atoms with Gasteiger partial charge in [-0.1, -0.05) is 18.2 Å². The molecule has 0 radical (unpaired) electrons. The van der Waals surface area contributed by atoms with Crippen LogP contribution in [0.1, 0.15) is 10.4 Å². The van der Waals surface area contributed by atoms with Crippen LogP contribution in [0.25, 0.3) is 11.6 Å². The number of anilines is 1. The second-order valence-electron chi connectivity index (χ2n) is 6.57. The Morgan fingerprint density at radius 3 is 2.58 bits per heavy atom. The summed E-state index contributed by atoms with van der Waals surface area (Å²) in [4.78, 5) is 25.6. The molecule has 0 bridgehead atoms. The number of rotatable bonds is 6. The van der Waals surface area contributed by atoms with E-state index in [4.69, 9.17) is 14.2 Å². The first-order valence-corrected chi connectivity index (χ1v) is 10.3. The molecule has 3 aromatic rings. The topological polar surface area (TPSA) is 73.9 Å². The summed E-state index contributed by atoms with van der Waals surface area (Å²) >= 11 is 1.36. The molecule has 0 aliphatic carbocycles. The van der Waals surface area contributed by atoms with E-state index < -0.39 is 18.5 Å². The zero-order chi connectivity index (χ0) is 21.6. The summed E-state index contributed by atoms with van der Waals surface area (Å²) in [6, 6.07) is 14.4. The first-order valence-electron chi connectivity index (χ1n) is 9.46. The maximum absolute atomic E-state index is 13.2. The number of halogens is 1. The Hall–Kier alpha value is -3.65. The first-order chi connectivity index (χ1) is 15.1. The molecule has 6 nitrogen and oxygen atoms in total. The third-order valence-electron chi connectivity index (χ3n) is 4.35. The molecule has 0 saturated carbocycles. The Bertz CT molecular complexity index is 1110. The number of benzene rings is 2. The fourth-order valence-corrected chi connectivity index (χ4v) is 3.65. The van der Waals surface area contributed by atoms with Gasteiger partial charge in [-0.25, -0.2) is 9.18 Å². The minimum absolute atomic E-state index is 0.286. The Balaban J connectivity index is 1.41. The largest absolute Gasteiger partial charge is 0.486 e. The van der Waals surface area contributed by atoms with E-state index in [0.29, 0.717) is 40.8 Å². The molecule has 1 aliphatic heterocycles. The average molecular weight is 439 g/mol. The lowest BCUT2D eigenvalue weighted by atomic mass is 10.1. The minimum atomic E-state index is -0.649. The van der Waals surface area contributed by atoms with E-state index in [1.807, 2.05) is 5.38 Å². The number of carbonyl (C=O) groups is 2. The Labute approximate surface area is 181 Å². The molecule has 158 valence electrons. The number of ether oxygens (including phenoxy) is 3. The molecule has 0 spiro atoms. The summed E-state index contributed by atoms with van der Waals surface area (Å²) in [6.07, 6.45) is 1.60. The molecule has 0 saturated heterocycles. The van der Waals surface area contributed by atoms with Gasteiger partial charge in [0.05, 0.1) is 5.57 Å². The van der Waals surface area contributed by atoms with Crippen molar-refractivity contribution < 1.29 is 28.2 Å². The molecule has 1 aliphatic rings. The van der Waals surface area contributed by atoms with Crippen molar-refractivity contribution in [3.05, 3.63) is 76.2 Å². The summed E-state index contributed by atoms with van der Waals surface area (Å²) in [7, 11) is 0. The van der Waals surface area contributed by atoms with E-state index in [-0.39, 0.29) is 11.4 Å². The third-order valence-corrected chi connectivity index (χ3v) is 5.25. The van der Waals surface area contributed by atoms with Gasteiger partial charge in [0.25, 0.3) is 5.91 Å². The summed E-state index contributed by atoms with van der Waals surface area (Å²) in [6.45, 7) is 0.458. The van der Waals surface area contributed by atoms with Crippen LogP contribution >= 0.6 is 11.3 Å². The molecule has 8 heteroatoms. The Morgan fingerprint density at radius 2 is 1.84 bits per heavy atom. The molecule has 0 fully saturated rings. The van der Waals surface area contributed by atoms with Gasteiger partial charge >= 0.3 is 5.97 Å². The third kappa shape index (κ3) is 5.29. The number of carbonyl (C=O) groups excluding carboxylic acids is 2. The van der Waals surface area contributed by atoms with Crippen molar-refractivity contribution in [3.8, 4) is 11.5 Å². The molecule has 1 aromatic heterocycles. The van der Waals surface area contributed by atoms with Crippen LogP contribution in [-0.2, 0) is 14.3 Å². The highest BCUT2D eigenvalue weighted by atomic mass is 32.1. The molecule has 2 heterocycles. The quantitative estimate of drug-likeness (QED) is 0.456. The van der Waals surface area contributed by atoms with Gasteiger partial charge in [-0.15, -0.1) is 11.3 Å². The molecule has 2 aromatic carbocycles. The number of fused-ring (bicyclic) bond motifs is 1. The van der Waals surface area contributed by atoms with Gasteiger partial charge in [0.1, 0.15) is 19.0 Å². The van der Waals surface area contributed by atoms with E-state index in [2.05, 4.69) is 5.32 Å². The van der Waals surface area contributed by atoms with Gasteiger partial charge in [-0.3, -0.25) is 4.79 Å². The Morgan fingerprint density at radius 1 is 1.06 bits per heavy atom. The highest BCUT2D eigenvalue weighted by Crippen LogP contribution is 2.32. The normalized spacial score (nSPS) is 12.9. The molecule has 4 rings (SSSR count). The molecular formula is C23H18FNO5S. The van der Waals surface area contributed by atoms with Gasteiger partial charge in [0.15, 0.2) is 18.1 Å². The second-order valence-corrected chi connectivity index (χ2v) is 7.52. The van der Waals surface area contributed by atoms with Crippen LogP contribution in [0.4, 0.5) is 10.1 Å². The van der Waals surface area contributed by atoms with Gasteiger partial charge in [-0.2, -0.15) is 0 Å². The summed E-state index contributed by atoms with van der Waals surface area (Å²) in [5.74, 6) is -0.347. The Kier molecular flexibility index (Phi) is 6.28.